The number of aliphatic hydroxyl groups excluding tert-OH is 1. The van der Waals surface area contributed by atoms with Crippen LogP contribution in [0, 0.1) is 24.7 Å². The van der Waals surface area contributed by atoms with Gasteiger partial charge in [-0.2, -0.15) is 0 Å². The number of aromatic nitrogens is 2. The molecule has 0 bridgehead atoms. The molecule has 1 aliphatic rings. The molecule has 26 heavy (non-hydrogen) atoms. The second kappa shape index (κ2) is 6.78. The lowest BCUT2D eigenvalue weighted by Crippen LogP contribution is -2.33. The van der Waals surface area contributed by atoms with Crippen molar-refractivity contribution in [2.24, 2.45) is 5.92 Å². The fourth-order valence-corrected chi connectivity index (χ4v) is 3.42. The van der Waals surface area contributed by atoms with Crippen LogP contribution in [0.5, 0.6) is 0 Å². The molecule has 4 heteroatoms. The van der Waals surface area contributed by atoms with E-state index in [9.17, 15) is 9.90 Å². The van der Waals surface area contributed by atoms with Gasteiger partial charge < -0.3 is 5.11 Å². The van der Waals surface area contributed by atoms with Crippen LogP contribution in [-0.4, -0.2) is 21.3 Å². The van der Waals surface area contributed by atoms with Gasteiger partial charge in [0.05, 0.1) is 10.9 Å². The van der Waals surface area contributed by atoms with Gasteiger partial charge >= 0.3 is 0 Å². The van der Waals surface area contributed by atoms with Gasteiger partial charge in [0.1, 0.15) is 5.82 Å². The third-order valence-corrected chi connectivity index (χ3v) is 4.88. The molecule has 1 unspecified atom stereocenters. The summed E-state index contributed by atoms with van der Waals surface area (Å²) in [5.41, 5.74) is 3.66. The van der Waals surface area contributed by atoms with E-state index in [1.165, 1.54) is 5.56 Å². The molecule has 2 heterocycles. The number of nitrogens with zero attached hydrogens (tertiary/aromatic N) is 2. The zero-order chi connectivity index (χ0) is 18.1. The first-order chi connectivity index (χ1) is 12.6. The maximum absolute atomic E-state index is 12.8. The average Bonchev–Trinajstić information content (AvgIpc) is 2.66. The summed E-state index contributed by atoms with van der Waals surface area (Å²) < 4.78 is 1.71. The SMILES string of the molecule is Cc1cccc(C#Cc2ccc3c(=O)n4c(nc3c2)CCC(CO)C4)c1. The summed E-state index contributed by atoms with van der Waals surface area (Å²) in [5, 5.41) is 9.98. The van der Waals surface area contributed by atoms with Gasteiger partial charge in [-0.3, -0.25) is 9.36 Å². The second-order valence-corrected chi connectivity index (χ2v) is 6.88. The Bertz CT molecular complexity index is 1100. The Kier molecular flexibility index (Phi) is 4.32. The molecule has 0 spiro atoms. The van der Waals surface area contributed by atoms with Crippen molar-refractivity contribution in [2.45, 2.75) is 26.3 Å². The van der Waals surface area contributed by atoms with E-state index in [2.05, 4.69) is 16.8 Å². The number of aliphatic hydroxyl groups is 1. The lowest BCUT2D eigenvalue weighted by Gasteiger charge is -2.24. The van der Waals surface area contributed by atoms with Crippen LogP contribution in [0.4, 0.5) is 0 Å². The van der Waals surface area contributed by atoms with Gasteiger partial charge in [-0.25, -0.2) is 4.98 Å². The van der Waals surface area contributed by atoms with Crippen LogP contribution in [-0.2, 0) is 13.0 Å². The fraction of sp³-hybridized carbons (Fsp3) is 0.273. The van der Waals surface area contributed by atoms with Crippen molar-refractivity contribution >= 4 is 10.9 Å². The Labute approximate surface area is 152 Å². The first kappa shape index (κ1) is 16.6. The van der Waals surface area contributed by atoms with Gasteiger partial charge in [0, 0.05) is 36.6 Å². The second-order valence-electron chi connectivity index (χ2n) is 6.88. The van der Waals surface area contributed by atoms with E-state index < -0.39 is 0 Å². The van der Waals surface area contributed by atoms with Crippen molar-refractivity contribution in [3.63, 3.8) is 0 Å². The van der Waals surface area contributed by atoms with E-state index in [0.29, 0.717) is 17.4 Å². The van der Waals surface area contributed by atoms with Crippen LogP contribution in [0.25, 0.3) is 10.9 Å². The van der Waals surface area contributed by atoms with E-state index in [4.69, 9.17) is 0 Å². The molecule has 0 radical (unpaired) electrons. The highest BCUT2D eigenvalue weighted by atomic mass is 16.3. The third kappa shape index (κ3) is 3.14. The van der Waals surface area contributed by atoms with Crippen molar-refractivity contribution in [2.75, 3.05) is 6.61 Å². The number of hydrogen-bond donors (Lipinski definition) is 1. The van der Waals surface area contributed by atoms with E-state index in [0.717, 1.165) is 29.8 Å². The van der Waals surface area contributed by atoms with Crippen molar-refractivity contribution in [3.8, 4) is 11.8 Å². The lowest BCUT2D eigenvalue weighted by atomic mass is 9.99. The minimum atomic E-state index is -0.0265. The fourth-order valence-electron chi connectivity index (χ4n) is 3.42. The Morgan fingerprint density at radius 1 is 1.19 bits per heavy atom. The van der Waals surface area contributed by atoms with Gasteiger partial charge in [0.2, 0.25) is 0 Å². The van der Waals surface area contributed by atoms with Crippen LogP contribution in [0.3, 0.4) is 0 Å². The summed E-state index contributed by atoms with van der Waals surface area (Å²) in [6, 6.07) is 13.6. The normalized spacial score (nSPS) is 16.0. The summed E-state index contributed by atoms with van der Waals surface area (Å²) in [6.45, 7) is 2.70. The Morgan fingerprint density at radius 2 is 2.00 bits per heavy atom. The Balaban J connectivity index is 1.74. The maximum Gasteiger partial charge on any atom is 0.261 e. The first-order valence-electron chi connectivity index (χ1n) is 8.87. The quantitative estimate of drug-likeness (QED) is 0.691. The van der Waals surface area contributed by atoms with E-state index in [1.807, 2.05) is 43.3 Å². The van der Waals surface area contributed by atoms with Crippen LogP contribution in [0.1, 0.15) is 28.9 Å². The highest BCUT2D eigenvalue weighted by molar-refractivity contribution is 5.79. The highest BCUT2D eigenvalue weighted by Crippen LogP contribution is 2.19. The summed E-state index contributed by atoms with van der Waals surface area (Å²) in [5.74, 6) is 7.27. The zero-order valence-electron chi connectivity index (χ0n) is 14.7. The molecule has 0 fully saturated rings. The molecule has 1 aliphatic heterocycles. The molecule has 1 aromatic heterocycles. The van der Waals surface area contributed by atoms with Gasteiger partial charge in [0.15, 0.2) is 0 Å². The minimum absolute atomic E-state index is 0.0265. The predicted molar refractivity (Wildman–Crippen MR) is 102 cm³/mol. The number of aryl methyl sites for hydroxylation is 2. The summed E-state index contributed by atoms with van der Waals surface area (Å²) >= 11 is 0. The Morgan fingerprint density at radius 3 is 2.77 bits per heavy atom. The molecule has 0 amide bonds. The monoisotopic (exact) mass is 344 g/mol. The molecular formula is C22H20N2O2. The lowest BCUT2D eigenvalue weighted by molar-refractivity contribution is 0.188. The molecule has 0 saturated heterocycles. The highest BCUT2D eigenvalue weighted by Gasteiger charge is 2.21. The number of hydrogen-bond acceptors (Lipinski definition) is 3. The molecule has 0 saturated carbocycles. The van der Waals surface area contributed by atoms with Crippen LogP contribution < -0.4 is 5.56 Å². The van der Waals surface area contributed by atoms with Gasteiger partial charge in [-0.15, -0.1) is 0 Å². The average molecular weight is 344 g/mol. The molecule has 1 N–H and O–H groups in total. The molecule has 1 atom stereocenters. The third-order valence-electron chi connectivity index (χ3n) is 4.88. The molecule has 4 nitrogen and oxygen atoms in total. The molecule has 4 rings (SSSR count). The van der Waals surface area contributed by atoms with Crippen LogP contribution in [0.2, 0.25) is 0 Å². The van der Waals surface area contributed by atoms with Crippen LogP contribution >= 0.6 is 0 Å². The van der Waals surface area contributed by atoms with Gasteiger partial charge in [0.25, 0.3) is 5.56 Å². The summed E-state index contributed by atoms with van der Waals surface area (Å²) in [7, 11) is 0. The van der Waals surface area contributed by atoms with Crippen molar-refractivity contribution in [1.29, 1.82) is 0 Å². The topological polar surface area (TPSA) is 55.1 Å². The van der Waals surface area contributed by atoms with Gasteiger partial charge in [-0.1, -0.05) is 24.0 Å². The predicted octanol–water partition coefficient (Wildman–Crippen LogP) is 2.66. The zero-order valence-corrected chi connectivity index (χ0v) is 14.7. The Hall–Kier alpha value is -2.90. The number of benzene rings is 2. The van der Waals surface area contributed by atoms with Crippen molar-refractivity contribution < 1.29 is 5.11 Å². The van der Waals surface area contributed by atoms with Gasteiger partial charge in [-0.05, 0) is 49.2 Å². The number of rotatable bonds is 1. The van der Waals surface area contributed by atoms with E-state index in [1.54, 1.807) is 10.6 Å². The molecular weight excluding hydrogens is 324 g/mol. The molecule has 2 aromatic carbocycles. The van der Waals surface area contributed by atoms with E-state index >= 15 is 0 Å². The minimum Gasteiger partial charge on any atom is -0.396 e. The largest absolute Gasteiger partial charge is 0.396 e. The number of fused-ring (bicyclic) bond motifs is 2. The van der Waals surface area contributed by atoms with Crippen molar-refractivity contribution in [1.82, 2.24) is 9.55 Å². The van der Waals surface area contributed by atoms with E-state index in [-0.39, 0.29) is 18.1 Å². The molecule has 130 valence electrons. The molecule has 0 aliphatic carbocycles. The first-order valence-corrected chi connectivity index (χ1v) is 8.87. The maximum atomic E-state index is 12.8. The van der Waals surface area contributed by atoms with Crippen LogP contribution in [0.15, 0.2) is 47.3 Å². The molecule has 3 aromatic rings. The smallest absolute Gasteiger partial charge is 0.261 e. The van der Waals surface area contributed by atoms with Crippen molar-refractivity contribution in [3.05, 3.63) is 75.3 Å². The summed E-state index contributed by atoms with van der Waals surface area (Å²) in [6.07, 6.45) is 1.58. The summed E-state index contributed by atoms with van der Waals surface area (Å²) in [4.78, 5) is 17.5. The standard InChI is InChI=1S/C22H20N2O2/c1-15-3-2-4-16(11-15)5-6-17-7-9-19-20(12-17)23-21-10-8-18(14-25)13-24(21)22(19)26/h2-4,7,9,11-12,18,25H,8,10,13-14H2,1H3.